The average molecular weight is 277 g/mol. The van der Waals surface area contributed by atoms with Crippen LogP contribution in [0.5, 0.6) is 0 Å². The molecule has 98 valence electrons. The lowest BCUT2D eigenvalue weighted by molar-refractivity contribution is 0.282. The average Bonchev–Trinajstić information content (AvgIpc) is 2.75. The summed E-state index contributed by atoms with van der Waals surface area (Å²) in [6, 6.07) is 1.51. The van der Waals surface area contributed by atoms with E-state index in [4.69, 9.17) is 5.11 Å². The highest BCUT2D eigenvalue weighted by Crippen LogP contribution is 2.20. The van der Waals surface area contributed by atoms with Crippen molar-refractivity contribution in [2.45, 2.75) is 31.6 Å². The number of hydrogen-bond acceptors (Lipinski definition) is 4. The van der Waals surface area contributed by atoms with Crippen molar-refractivity contribution in [2.24, 2.45) is 11.8 Å². The van der Waals surface area contributed by atoms with Gasteiger partial charge in [0.15, 0.2) is 0 Å². The molecule has 6 heteroatoms. The van der Waals surface area contributed by atoms with Gasteiger partial charge in [0.1, 0.15) is 4.21 Å². The number of sulfonamides is 1. The molecule has 0 saturated heterocycles. The summed E-state index contributed by atoms with van der Waals surface area (Å²) in [5.74, 6) is 0.732. The first-order valence-electron chi connectivity index (χ1n) is 5.54. The Bertz CT molecular complexity index is 451. The van der Waals surface area contributed by atoms with Crippen molar-refractivity contribution in [3.05, 3.63) is 17.0 Å². The molecule has 0 aliphatic carbocycles. The van der Waals surface area contributed by atoms with Crippen LogP contribution in [0.15, 0.2) is 15.7 Å². The van der Waals surface area contributed by atoms with Gasteiger partial charge in [-0.1, -0.05) is 20.8 Å². The van der Waals surface area contributed by atoms with E-state index in [0.717, 1.165) is 11.3 Å². The normalized spacial score (nSPS) is 14.2. The van der Waals surface area contributed by atoms with Gasteiger partial charge >= 0.3 is 0 Å². The predicted molar refractivity (Wildman–Crippen MR) is 69.4 cm³/mol. The molecule has 1 atom stereocenters. The minimum Gasteiger partial charge on any atom is -0.392 e. The maximum Gasteiger partial charge on any atom is 0.250 e. The molecule has 0 aliphatic rings. The van der Waals surface area contributed by atoms with Crippen LogP contribution < -0.4 is 4.72 Å². The summed E-state index contributed by atoms with van der Waals surface area (Å²) in [4.78, 5) is 0. The number of rotatable bonds is 6. The Hall–Kier alpha value is -0.430. The zero-order valence-corrected chi connectivity index (χ0v) is 11.9. The highest BCUT2D eigenvalue weighted by molar-refractivity contribution is 7.91. The zero-order valence-electron chi connectivity index (χ0n) is 10.3. The standard InChI is InChI=1S/C11H19NO3S2/c1-8(2)9(3)5-12-17(14,15)11-4-10(6-13)7-16-11/h4,7-9,12-13H,5-6H2,1-3H3. The maximum atomic E-state index is 11.9. The molecule has 0 aromatic carbocycles. The summed E-state index contributed by atoms with van der Waals surface area (Å²) in [6.45, 7) is 6.45. The lowest BCUT2D eigenvalue weighted by Gasteiger charge is -2.15. The molecular formula is C11H19NO3S2. The van der Waals surface area contributed by atoms with E-state index in [1.807, 2.05) is 6.92 Å². The van der Waals surface area contributed by atoms with E-state index < -0.39 is 10.0 Å². The van der Waals surface area contributed by atoms with Gasteiger partial charge in [-0.05, 0) is 28.8 Å². The topological polar surface area (TPSA) is 66.4 Å². The molecule has 0 fully saturated rings. The third-order valence-corrected chi connectivity index (χ3v) is 5.72. The number of aliphatic hydroxyl groups excluding tert-OH is 1. The highest BCUT2D eigenvalue weighted by Gasteiger charge is 2.18. The minimum absolute atomic E-state index is 0.131. The zero-order chi connectivity index (χ0) is 13.1. The van der Waals surface area contributed by atoms with Crippen LogP contribution in [0.2, 0.25) is 0 Å². The monoisotopic (exact) mass is 277 g/mol. The van der Waals surface area contributed by atoms with Crippen molar-refractivity contribution in [1.29, 1.82) is 0 Å². The molecule has 0 bridgehead atoms. The van der Waals surface area contributed by atoms with Crippen molar-refractivity contribution in [2.75, 3.05) is 6.54 Å². The Morgan fingerprint density at radius 3 is 2.53 bits per heavy atom. The molecule has 0 aliphatic heterocycles. The van der Waals surface area contributed by atoms with Gasteiger partial charge in [0.05, 0.1) is 6.61 Å². The lowest BCUT2D eigenvalue weighted by Crippen LogP contribution is -2.29. The largest absolute Gasteiger partial charge is 0.392 e. The molecule has 0 radical (unpaired) electrons. The van der Waals surface area contributed by atoms with Gasteiger partial charge in [0.25, 0.3) is 0 Å². The first-order chi connectivity index (χ1) is 7.86. The third-order valence-electron chi connectivity index (χ3n) is 2.81. The van der Waals surface area contributed by atoms with E-state index in [-0.39, 0.29) is 10.8 Å². The van der Waals surface area contributed by atoms with E-state index in [2.05, 4.69) is 18.6 Å². The number of aliphatic hydroxyl groups is 1. The summed E-state index contributed by atoms with van der Waals surface area (Å²) < 4.78 is 26.7. The summed E-state index contributed by atoms with van der Waals surface area (Å²) in [7, 11) is -3.42. The summed E-state index contributed by atoms with van der Waals surface area (Å²) in [5.41, 5.74) is 0.632. The van der Waals surface area contributed by atoms with Crippen molar-refractivity contribution in [1.82, 2.24) is 4.72 Å². The predicted octanol–water partition coefficient (Wildman–Crippen LogP) is 1.81. The van der Waals surface area contributed by atoms with Gasteiger partial charge < -0.3 is 5.11 Å². The molecule has 1 aromatic heterocycles. The summed E-state index contributed by atoms with van der Waals surface area (Å²) in [5, 5.41) is 10.6. The first-order valence-corrected chi connectivity index (χ1v) is 7.91. The molecule has 1 heterocycles. The second kappa shape index (κ2) is 5.95. The third kappa shape index (κ3) is 4.06. The molecule has 0 amide bonds. The van der Waals surface area contributed by atoms with Gasteiger partial charge in [-0.15, -0.1) is 11.3 Å². The van der Waals surface area contributed by atoms with E-state index in [0.29, 0.717) is 23.9 Å². The Kier molecular flexibility index (Phi) is 5.12. The van der Waals surface area contributed by atoms with Gasteiger partial charge in [-0.2, -0.15) is 0 Å². The maximum absolute atomic E-state index is 11.9. The fraction of sp³-hybridized carbons (Fsp3) is 0.636. The highest BCUT2D eigenvalue weighted by atomic mass is 32.2. The number of nitrogens with one attached hydrogen (secondary N) is 1. The Morgan fingerprint density at radius 2 is 2.06 bits per heavy atom. The van der Waals surface area contributed by atoms with Gasteiger partial charge in [-0.3, -0.25) is 0 Å². The molecule has 0 saturated carbocycles. The quantitative estimate of drug-likeness (QED) is 0.833. The van der Waals surface area contributed by atoms with Crippen molar-refractivity contribution in [3.8, 4) is 0 Å². The van der Waals surface area contributed by atoms with E-state index in [1.54, 1.807) is 5.38 Å². The van der Waals surface area contributed by atoms with Crippen LogP contribution >= 0.6 is 11.3 Å². The van der Waals surface area contributed by atoms with Crippen LogP contribution in [0.3, 0.4) is 0 Å². The smallest absolute Gasteiger partial charge is 0.250 e. The van der Waals surface area contributed by atoms with Crippen molar-refractivity contribution in [3.63, 3.8) is 0 Å². The van der Waals surface area contributed by atoms with Gasteiger partial charge in [0.2, 0.25) is 10.0 Å². The van der Waals surface area contributed by atoms with Crippen LogP contribution in [-0.2, 0) is 16.6 Å². The minimum atomic E-state index is -3.42. The molecule has 1 unspecified atom stereocenters. The van der Waals surface area contributed by atoms with Gasteiger partial charge in [-0.25, -0.2) is 13.1 Å². The lowest BCUT2D eigenvalue weighted by atomic mass is 9.99. The van der Waals surface area contributed by atoms with Crippen molar-refractivity contribution < 1.29 is 13.5 Å². The van der Waals surface area contributed by atoms with Crippen molar-refractivity contribution >= 4 is 21.4 Å². The number of hydrogen-bond donors (Lipinski definition) is 2. The Balaban J connectivity index is 2.69. The molecule has 1 rings (SSSR count). The Morgan fingerprint density at radius 1 is 1.41 bits per heavy atom. The van der Waals surface area contributed by atoms with Crippen LogP contribution in [0.25, 0.3) is 0 Å². The molecule has 17 heavy (non-hydrogen) atoms. The summed E-state index contributed by atoms with van der Waals surface area (Å²) in [6.07, 6.45) is 0. The molecule has 1 aromatic rings. The van der Waals surface area contributed by atoms with E-state index >= 15 is 0 Å². The summed E-state index contributed by atoms with van der Waals surface area (Å²) >= 11 is 1.13. The fourth-order valence-electron chi connectivity index (χ4n) is 1.12. The molecule has 0 spiro atoms. The first kappa shape index (κ1) is 14.6. The molecule has 4 nitrogen and oxygen atoms in total. The number of thiophene rings is 1. The molecule has 2 N–H and O–H groups in total. The fourth-order valence-corrected chi connectivity index (χ4v) is 3.51. The molecular weight excluding hydrogens is 258 g/mol. The van der Waals surface area contributed by atoms with Crippen LogP contribution in [-0.4, -0.2) is 20.1 Å². The van der Waals surface area contributed by atoms with Crippen LogP contribution in [0, 0.1) is 11.8 Å². The van der Waals surface area contributed by atoms with Crippen LogP contribution in [0.4, 0.5) is 0 Å². The second-order valence-electron chi connectivity index (χ2n) is 4.51. The Labute approximate surface area is 107 Å². The van der Waals surface area contributed by atoms with Crippen LogP contribution in [0.1, 0.15) is 26.3 Å². The SMILES string of the molecule is CC(C)C(C)CNS(=O)(=O)c1cc(CO)cs1. The van der Waals surface area contributed by atoms with Gasteiger partial charge in [0, 0.05) is 6.54 Å². The second-order valence-corrected chi connectivity index (χ2v) is 7.41. The van der Waals surface area contributed by atoms with E-state index in [9.17, 15) is 8.42 Å². The van der Waals surface area contributed by atoms with E-state index in [1.165, 1.54) is 6.07 Å².